The Morgan fingerprint density at radius 1 is 1.07 bits per heavy atom. The normalized spacial score (nSPS) is 17.4. The Balaban J connectivity index is 1.08. The summed E-state index contributed by atoms with van der Waals surface area (Å²) in [5, 5.41) is 18.4. The third-order valence-corrected chi connectivity index (χ3v) is 7.74. The van der Waals surface area contributed by atoms with Crippen molar-refractivity contribution in [3.63, 3.8) is 0 Å². The summed E-state index contributed by atoms with van der Waals surface area (Å²) in [7, 11) is 0. The van der Waals surface area contributed by atoms with Gasteiger partial charge in [0.05, 0.1) is 53.1 Å². The number of hydrogen-bond donors (Lipinski definition) is 1. The van der Waals surface area contributed by atoms with Crippen molar-refractivity contribution in [2.45, 2.75) is 51.2 Å². The third kappa shape index (κ3) is 6.43. The summed E-state index contributed by atoms with van der Waals surface area (Å²) in [5.74, 6) is -1.56. The minimum atomic E-state index is -0.984. The summed E-state index contributed by atoms with van der Waals surface area (Å²) < 4.78 is 47.9. The molecule has 4 aromatic rings. The fourth-order valence-corrected chi connectivity index (χ4v) is 5.27. The molecule has 1 atom stereocenters. The van der Waals surface area contributed by atoms with Gasteiger partial charge in [-0.05, 0) is 67.8 Å². The number of nitrogens with zero attached hydrogens (tertiary/aromatic N) is 5. The van der Waals surface area contributed by atoms with E-state index in [-0.39, 0.29) is 41.6 Å². The number of fused-ring (bicyclic) bond motifs is 1. The van der Waals surface area contributed by atoms with Crippen LogP contribution in [0.15, 0.2) is 48.5 Å². The summed E-state index contributed by atoms with van der Waals surface area (Å²) in [6.07, 6.45) is 2.08. The molecule has 12 heteroatoms. The topological polar surface area (TPSA) is 123 Å². The average molecular weight is 590 g/mol. The molecular formula is C31H29F2N5O5. The zero-order valence-corrected chi connectivity index (χ0v) is 23.2. The first-order valence-electron chi connectivity index (χ1n) is 14.1. The van der Waals surface area contributed by atoms with Crippen molar-refractivity contribution in [2.75, 3.05) is 19.7 Å². The molecule has 0 aliphatic carbocycles. The van der Waals surface area contributed by atoms with E-state index in [2.05, 4.69) is 14.5 Å². The van der Waals surface area contributed by atoms with Crippen molar-refractivity contribution in [1.29, 1.82) is 5.26 Å². The van der Waals surface area contributed by atoms with Gasteiger partial charge in [0.2, 0.25) is 0 Å². The number of carbonyl (C=O) groups is 1. The molecule has 1 N–H and O–H groups in total. The number of carboxylic acids is 1. The van der Waals surface area contributed by atoms with E-state index in [1.165, 1.54) is 24.3 Å². The molecule has 2 aromatic carbocycles. The maximum Gasteiger partial charge on any atom is 0.335 e. The number of imidazole rings is 1. The molecule has 0 saturated carbocycles. The number of pyridine rings is 1. The quantitative estimate of drug-likeness (QED) is 0.281. The van der Waals surface area contributed by atoms with Crippen molar-refractivity contribution in [3.8, 4) is 17.7 Å². The number of rotatable bonds is 10. The van der Waals surface area contributed by atoms with Crippen molar-refractivity contribution >= 4 is 17.0 Å². The molecule has 10 nitrogen and oxygen atoms in total. The summed E-state index contributed by atoms with van der Waals surface area (Å²) in [5.41, 5.74) is 2.28. The van der Waals surface area contributed by atoms with E-state index in [9.17, 15) is 18.7 Å². The molecule has 2 saturated heterocycles. The number of benzene rings is 2. The van der Waals surface area contributed by atoms with Crippen LogP contribution in [0.2, 0.25) is 0 Å². The Morgan fingerprint density at radius 3 is 2.58 bits per heavy atom. The minimum Gasteiger partial charge on any atom is -0.484 e. The van der Waals surface area contributed by atoms with Crippen LogP contribution in [0.1, 0.15) is 46.7 Å². The molecular weight excluding hydrogens is 560 g/mol. The number of aromatic carboxylic acids is 1. The number of aromatic nitrogens is 3. The largest absolute Gasteiger partial charge is 0.484 e. The van der Waals surface area contributed by atoms with E-state index >= 15 is 0 Å². The van der Waals surface area contributed by atoms with Crippen molar-refractivity contribution in [2.24, 2.45) is 0 Å². The van der Waals surface area contributed by atoms with Gasteiger partial charge in [0.15, 0.2) is 17.4 Å². The van der Waals surface area contributed by atoms with Crippen LogP contribution in [0.5, 0.6) is 11.6 Å². The highest BCUT2D eigenvalue weighted by Gasteiger charge is 2.26. The molecule has 6 rings (SSSR count). The lowest BCUT2D eigenvalue weighted by Gasteiger charge is -2.32. The first-order chi connectivity index (χ1) is 20.9. The predicted octanol–water partition coefficient (Wildman–Crippen LogP) is 4.69. The van der Waals surface area contributed by atoms with Crippen molar-refractivity contribution in [1.82, 2.24) is 19.4 Å². The second kappa shape index (κ2) is 12.3. The number of ether oxygens (including phenoxy) is 3. The highest BCUT2D eigenvalue weighted by molar-refractivity contribution is 5.92. The van der Waals surface area contributed by atoms with Gasteiger partial charge < -0.3 is 23.9 Å². The molecule has 0 bridgehead atoms. The fraction of sp³-hybridized carbons (Fsp3) is 0.355. The van der Waals surface area contributed by atoms with Crippen LogP contribution in [-0.2, 0) is 24.4 Å². The lowest BCUT2D eigenvalue weighted by molar-refractivity contribution is -0.0592. The second-order valence-corrected chi connectivity index (χ2v) is 10.7. The lowest BCUT2D eigenvalue weighted by Crippen LogP contribution is -2.39. The molecule has 2 fully saturated rings. The molecule has 0 unspecified atom stereocenters. The highest BCUT2D eigenvalue weighted by atomic mass is 19.1. The third-order valence-electron chi connectivity index (χ3n) is 7.74. The SMILES string of the molecule is N#Cc1ccc(OCc2ccc(F)c(OC3CCN(Cc4nc5ccc(C(=O)O)cc5n4C[C@@H]4CCO4)CC3)n2)c(F)c1. The van der Waals surface area contributed by atoms with Crippen LogP contribution in [0.25, 0.3) is 11.0 Å². The van der Waals surface area contributed by atoms with E-state index in [0.717, 1.165) is 36.0 Å². The standard InChI is InChI=1S/C31H29F2N5O5/c32-24-4-3-21(18-42-28-6-1-19(15-34)13-25(28)33)35-30(24)43-22-7-10-37(11-8-22)17-29-36-26-5-2-20(31(39)40)14-27(26)38(29)16-23-9-12-41-23/h1-6,13-14,22-23H,7-12,16-18H2,(H,39,40)/t23-/m0/s1. The monoisotopic (exact) mass is 589 g/mol. The van der Waals surface area contributed by atoms with E-state index in [1.807, 2.05) is 6.07 Å². The summed E-state index contributed by atoms with van der Waals surface area (Å²) in [4.78, 5) is 22.9. The van der Waals surface area contributed by atoms with Gasteiger partial charge in [0.1, 0.15) is 18.5 Å². The van der Waals surface area contributed by atoms with Crippen LogP contribution in [0.3, 0.4) is 0 Å². The van der Waals surface area contributed by atoms with Crippen LogP contribution in [0.4, 0.5) is 8.78 Å². The first-order valence-corrected chi connectivity index (χ1v) is 14.1. The van der Waals surface area contributed by atoms with Gasteiger partial charge in [-0.1, -0.05) is 0 Å². The maximum absolute atomic E-state index is 14.6. The molecule has 43 heavy (non-hydrogen) atoms. The van der Waals surface area contributed by atoms with Gasteiger partial charge in [-0.25, -0.2) is 23.5 Å². The Kier molecular flexibility index (Phi) is 8.18. The number of carboxylic acid groups (broad SMARTS) is 1. The van der Waals surface area contributed by atoms with E-state index < -0.39 is 17.6 Å². The lowest BCUT2D eigenvalue weighted by atomic mass is 10.1. The van der Waals surface area contributed by atoms with Gasteiger partial charge in [-0.2, -0.15) is 5.26 Å². The Morgan fingerprint density at radius 2 is 1.88 bits per heavy atom. The second-order valence-electron chi connectivity index (χ2n) is 10.7. The summed E-state index contributed by atoms with van der Waals surface area (Å²) >= 11 is 0. The summed E-state index contributed by atoms with van der Waals surface area (Å²) in [6, 6.07) is 13.4. The molecule has 222 valence electrons. The number of piperidine rings is 1. The van der Waals surface area contributed by atoms with Gasteiger partial charge in [0, 0.05) is 19.7 Å². The molecule has 0 spiro atoms. The van der Waals surface area contributed by atoms with Gasteiger partial charge >= 0.3 is 5.97 Å². The van der Waals surface area contributed by atoms with E-state index in [4.69, 9.17) is 24.5 Å². The van der Waals surface area contributed by atoms with Crippen LogP contribution >= 0.6 is 0 Å². The van der Waals surface area contributed by atoms with E-state index in [1.54, 1.807) is 18.2 Å². The molecule has 0 radical (unpaired) electrons. The molecule has 2 aliphatic heterocycles. The fourth-order valence-electron chi connectivity index (χ4n) is 5.27. The molecule has 4 heterocycles. The number of halogens is 2. The van der Waals surface area contributed by atoms with Crippen LogP contribution < -0.4 is 9.47 Å². The maximum atomic E-state index is 14.6. The average Bonchev–Trinajstić information content (AvgIpc) is 3.32. The number of likely N-dealkylation sites (tertiary alicyclic amines) is 1. The van der Waals surface area contributed by atoms with Gasteiger partial charge in [-0.15, -0.1) is 0 Å². The summed E-state index contributed by atoms with van der Waals surface area (Å²) in [6.45, 7) is 3.19. The molecule has 2 aromatic heterocycles. The zero-order valence-electron chi connectivity index (χ0n) is 23.2. The highest BCUT2D eigenvalue weighted by Crippen LogP contribution is 2.26. The number of nitriles is 1. The zero-order chi connectivity index (χ0) is 29.9. The van der Waals surface area contributed by atoms with Crippen molar-refractivity contribution in [3.05, 3.63) is 82.8 Å². The number of hydrogen-bond acceptors (Lipinski definition) is 8. The van der Waals surface area contributed by atoms with Crippen molar-refractivity contribution < 1.29 is 32.9 Å². The predicted molar refractivity (Wildman–Crippen MR) is 150 cm³/mol. The smallest absolute Gasteiger partial charge is 0.335 e. The Labute approximate surface area is 246 Å². The first kappa shape index (κ1) is 28.5. The molecule has 0 amide bonds. The Hall–Kier alpha value is -4.60. The Bertz CT molecular complexity index is 1690. The van der Waals surface area contributed by atoms with Gasteiger partial charge in [0.25, 0.3) is 5.88 Å². The van der Waals surface area contributed by atoms with Crippen LogP contribution in [0, 0.1) is 23.0 Å². The molecule has 2 aliphatic rings. The van der Waals surface area contributed by atoms with Crippen LogP contribution in [-0.4, -0.2) is 62.4 Å². The van der Waals surface area contributed by atoms with Gasteiger partial charge in [-0.3, -0.25) is 4.90 Å². The minimum absolute atomic E-state index is 0.0315. The van der Waals surface area contributed by atoms with E-state index in [0.29, 0.717) is 44.7 Å².